The van der Waals surface area contributed by atoms with Gasteiger partial charge < -0.3 is 34.8 Å². The molecule has 1 aliphatic heterocycles. The number of rotatable bonds is 3. The Morgan fingerprint density at radius 2 is 1.30 bits per heavy atom. The average molecular weight is 424 g/mol. The Morgan fingerprint density at radius 1 is 0.867 bits per heavy atom. The Hall–Kier alpha value is -1.81. The lowest BCUT2D eigenvalue weighted by Gasteiger charge is -2.36. The molecule has 1 fully saturated rings. The van der Waals surface area contributed by atoms with E-state index in [0.717, 1.165) is 18.8 Å². The van der Waals surface area contributed by atoms with Crippen molar-refractivity contribution in [3.8, 4) is 0 Å². The van der Waals surface area contributed by atoms with Crippen LogP contribution in [-0.2, 0) is 4.74 Å². The van der Waals surface area contributed by atoms with Gasteiger partial charge in [0, 0.05) is 31.9 Å². The third kappa shape index (κ3) is 8.51. The van der Waals surface area contributed by atoms with Crippen molar-refractivity contribution in [3.63, 3.8) is 0 Å². The van der Waals surface area contributed by atoms with Gasteiger partial charge in [-0.15, -0.1) is 0 Å². The maximum atomic E-state index is 12.0. The van der Waals surface area contributed by atoms with Crippen LogP contribution in [0.2, 0.25) is 0 Å². The fraction of sp³-hybridized carbons (Fsp3) is 0.667. The number of aliphatic hydroxyl groups is 2. The van der Waals surface area contributed by atoms with Gasteiger partial charge in [-0.05, 0) is 66.1 Å². The topological polar surface area (TPSA) is 114 Å². The third-order valence-electron chi connectivity index (χ3n) is 4.98. The van der Waals surface area contributed by atoms with E-state index in [1.54, 1.807) is 44.7 Å². The van der Waals surface area contributed by atoms with E-state index < -0.39 is 23.9 Å². The minimum Gasteiger partial charge on any atom is -0.444 e. The molecule has 170 valence electrons. The number of carbonyl (C=O) groups excluding carboxylic acids is 1. The van der Waals surface area contributed by atoms with Crippen LogP contribution in [-0.4, -0.2) is 81.4 Å². The van der Waals surface area contributed by atoms with Gasteiger partial charge in [0.1, 0.15) is 5.60 Å². The molecule has 1 heterocycles. The normalized spacial score (nSPS) is 15.3. The van der Waals surface area contributed by atoms with Crippen LogP contribution < -0.4 is 10.4 Å². The van der Waals surface area contributed by atoms with Gasteiger partial charge >= 0.3 is 13.2 Å². The summed E-state index contributed by atoms with van der Waals surface area (Å²) < 4.78 is 5.37. The monoisotopic (exact) mass is 424 g/mol. The molecule has 0 aromatic heterocycles. The number of hydrogen-bond acceptors (Lipinski definition) is 7. The summed E-state index contributed by atoms with van der Waals surface area (Å²) in [5.41, 5.74) is -1.01. The lowest BCUT2D eigenvalue weighted by molar-refractivity contribution is -0.107. The molecule has 0 radical (unpaired) electrons. The highest BCUT2D eigenvalue weighted by molar-refractivity contribution is 6.58. The molecule has 8 nitrogen and oxygen atoms in total. The van der Waals surface area contributed by atoms with Crippen LogP contribution >= 0.6 is 0 Å². The average Bonchev–Trinajstić information content (AvgIpc) is 2.59. The van der Waals surface area contributed by atoms with Gasteiger partial charge in [0.25, 0.3) is 0 Å². The van der Waals surface area contributed by atoms with Crippen molar-refractivity contribution in [1.82, 2.24) is 4.90 Å². The molecule has 4 N–H and O–H groups in total. The van der Waals surface area contributed by atoms with Gasteiger partial charge in [0.2, 0.25) is 0 Å². The number of ether oxygens (including phenoxy) is 1. The molecule has 0 saturated carbocycles. The molecule has 0 spiro atoms. The number of carbonyl (C=O) groups is 1. The predicted octanol–water partition coefficient (Wildman–Crippen LogP) is 0.952. The maximum Gasteiger partial charge on any atom is 0.488 e. The molecule has 0 bridgehead atoms. The maximum absolute atomic E-state index is 12.0. The highest BCUT2D eigenvalue weighted by Gasteiger charge is 2.32. The first-order valence-electron chi connectivity index (χ1n) is 10.1. The van der Waals surface area contributed by atoms with Crippen molar-refractivity contribution in [3.05, 3.63) is 24.3 Å². The lowest BCUT2D eigenvalue weighted by Crippen LogP contribution is -2.50. The number of amides is 1. The summed E-state index contributed by atoms with van der Waals surface area (Å²) in [4.78, 5) is 15.9. The van der Waals surface area contributed by atoms with Crippen molar-refractivity contribution in [2.24, 2.45) is 0 Å². The molecule has 1 amide bonds. The van der Waals surface area contributed by atoms with Gasteiger partial charge in [-0.1, -0.05) is 12.1 Å². The Kier molecular flexibility index (Phi) is 8.74. The minimum absolute atomic E-state index is 0.272. The predicted molar refractivity (Wildman–Crippen MR) is 119 cm³/mol. The molecule has 9 heteroatoms. The van der Waals surface area contributed by atoms with Crippen LogP contribution in [0.3, 0.4) is 0 Å². The molecule has 1 aromatic carbocycles. The van der Waals surface area contributed by atoms with E-state index in [2.05, 4.69) is 4.90 Å². The number of anilines is 1. The molecule has 30 heavy (non-hydrogen) atoms. The lowest BCUT2D eigenvalue weighted by atomic mass is 9.80. The first kappa shape index (κ1) is 26.2. The first-order chi connectivity index (χ1) is 13.5. The molecule has 0 atom stereocenters. The van der Waals surface area contributed by atoms with Gasteiger partial charge in [0.05, 0.1) is 11.2 Å². The fourth-order valence-corrected chi connectivity index (χ4v) is 2.33. The summed E-state index contributed by atoms with van der Waals surface area (Å²) in [5, 5.41) is 36.4. The van der Waals surface area contributed by atoms with Crippen molar-refractivity contribution < 1.29 is 29.8 Å². The second-order valence-electron chi connectivity index (χ2n) is 9.54. The number of benzene rings is 1. The van der Waals surface area contributed by atoms with Gasteiger partial charge in [0.15, 0.2) is 0 Å². The molecule has 2 rings (SSSR count). The van der Waals surface area contributed by atoms with Gasteiger partial charge in [-0.25, -0.2) is 4.79 Å². The number of hydrogen-bond donors (Lipinski definition) is 4. The van der Waals surface area contributed by atoms with Crippen LogP contribution in [0.5, 0.6) is 0 Å². The van der Waals surface area contributed by atoms with E-state index in [9.17, 15) is 4.79 Å². The van der Waals surface area contributed by atoms with E-state index in [1.807, 2.05) is 32.9 Å². The van der Waals surface area contributed by atoms with Crippen LogP contribution in [0, 0.1) is 0 Å². The Morgan fingerprint density at radius 3 is 1.63 bits per heavy atom. The zero-order chi connectivity index (χ0) is 23.3. The van der Waals surface area contributed by atoms with Gasteiger partial charge in [-0.2, -0.15) is 0 Å². The summed E-state index contributed by atoms with van der Waals surface area (Å²) in [6, 6.07) is 7.11. The molecule has 1 aliphatic rings. The molecule has 0 aliphatic carbocycles. The molecular formula is C21H37BN2O6. The van der Waals surface area contributed by atoms with Crippen LogP contribution in [0.25, 0.3) is 0 Å². The van der Waals surface area contributed by atoms with Crippen molar-refractivity contribution in [2.45, 2.75) is 65.3 Å². The van der Waals surface area contributed by atoms with E-state index >= 15 is 0 Å². The van der Waals surface area contributed by atoms with Crippen LogP contribution in [0.1, 0.15) is 48.5 Å². The quantitative estimate of drug-likeness (QED) is 0.535. The minimum atomic E-state index is -1.45. The smallest absolute Gasteiger partial charge is 0.444 e. The Balaban J connectivity index is 0.000000479. The summed E-state index contributed by atoms with van der Waals surface area (Å²) in [7, 11) is -1.45. The van der Waals surface area contributed by atoms with Crippen LogP contribution in [0.4, 0.5) is 10.5 Å². The number of piperazine rings is 1. The standard InChI is InChI=1S/C15H23BN2O4.C6H14O2/c1-15(2,3)22-14(19)18-10-8-17(9-11-18)13-6-4-12(5-7-13)16(20)21;1-5(2,7)6(3,4)8/h4-7,20-21H,8-11H2,1-3H3;7-8H,1-4H3. The van der Waals surface area contributed by atoms with Crippen molar-refractivity contribution >= 4 is 24.4 Å². The van der Waals surface area contributed by atoms with Gasteiger partial charge in [-0.3, -0.25) is 0 Å². The van der Waals surface area contributed by atoms with E-state index in [-0.39, 0.29) is 6.09 Å². The van der Waals surface area contributed by atoms with E-state index in [0.29, 0.717) is 18.6 Å². The Bertz CT molecular complexity index is 655. The van der Waals surface area contributed by atoms with E-state index in [4.69, 9.17) is 25.0 Å². The summed E-state index contributed by atoms with van der Waals surface area (Å²) in [6.45, 7) is 14.5. The zero-order valence-corrected chi connectivity index (χ0v) is 19.2. The Labute approximate surface area is 180 Å². The summed E-state index contributed by atoms with van der Waals surface area (Å²) >= 11 is 0. The van der Waals surface area contributed by atoms with E-state index in [1.165, 1.54) is 0 Å². The highest BCUT2D eigenvalue weighted by atomic mass is 16.6. The van der Waals surface area contributed by atoms with Crippen molar-refractivity contribution in [2.75, 3.05) is 31.1 Å². The SMILES string of the molecule is CC(C)(C)OC(=O)N1CCN(c2ccc(B(O)O)cc2)CC1.CC(C)(O)C(C)(C)O. The zero-order valence-electron chi connectivity index (χ0n) is 19.2. The first-order valence-corrected chi connectivity index (χ1v) is 10.1. The number of nitrogens with zero attached hydrogens (tertiary/aromatic N) is 2. The second kappa shape index (κ2) is 10.0. The fourth-order valence-electron chi connectivity index (χ4n) is 2.33. The molecule has 1 aromatic rings. The second-order valence-corrected chi connectivity index (χ2v) is 9.54. The molecule has 0 unspecified atom stereocenters. The molecule has 1 saturated heterocycles. The summed E-state index contributed by atoms with van der Waals surface area (Å²) in [5.74, 6) is 0. The molecular weight excluding hydrogens is 387 g/mol. The van der Waals surface area contributed by atoms with Crippen LogP contribution in [0.15, 0.2) is 24.3 Å². The largest absolute Gasteiger partial charge is 0.488 e. The summed E-state index contributed by atoms with van der Waals surface area (Å²) in [6.07, 6.45) is -0.272. The van der Waals surface area contributed by atoms with Crippen molar-refractivity contribution in [1.29, 1.82) is 0 Å². The third-order valence-corrected chi connectivity index (χ3v) is 4.98. The highest BCUT2D eigenvalue weighted by Crippen LogP contribution is 2.19.